The molecule has 1 saturated carbocycles. The topological polar surface area (TPSA) is 78.5 Å². The number of hydrogen-bond donors (Lipinski definition) is 3. The minimum Gasteiger partial charge on any atom is -0.324 e. The van der Waals surface area contributed by atoms with Crippen LogP contribution in [0.25, 0.3) is 0 Å². The Morgan fingerprint density at radius 1 is 1.04 bits per heavy atom. The molecule has 1 aliphatic rings. The van der Waals surface area contributed by atoms with Crippen molar-refractivity contribution in [1.29, 1.82) is 0 Å². The third-order valence-corrected chi connectivity index (χ3v) is 4.34. The van der Waals surface area contributed by atoms with E-state index >= 15 is 0 Å². The molecule has 6 heteroatoms. The van der Waals surface area contributed by atoms with Crippen molar-refractivity contribution >= 4 is 23.3 Å². The molecular formula is C19H22N6. The summed E-state index contributed by atoms with van der Waals surface area (Å²) in [5, 5.41) is 13.9. The van der Waals surface area contributed by atoms with Crippen molar-refractivity contribution in [3.8, 4) is 0 Å². The summed E-state index contributed by atoms with van der Waals surface area (Å²) in [6.07, 6.45) is 3.53. The van der Waals surface area contributed by atoms with Gasteiger partial charge in [0.25, 0.3) is 0 Å². The van der Waals surface area contributed by atoms with E-state index < -0.39 is 0 Å². The maximum absolute atomic E-state index is 4.55. The lowest BCUT2D eigenvalue weighted by Crippen LogP contribution is -2.02. The molecule has 0 bridgehead atoms. The van der Waals surface area contributed by atoms with Crippen LogP contribution in [0.5, 0.6) is 0 Å². The number of nitrogens with zero attached hydrogens (tertiary/aromatic N) is 3. The molecule has 3 aromatic rings. The smallest absolute Gasteiger partial charge is 0.229 e. The molecule has 6 nitrogen and oxygen atoms in total. The van der Waals surface area contributed by atoms with Crippen molar-refractivity contribution in [3.63, 3.8) is 0 Å². The summed E-state index contributed by atoms with van der Waals surface area (Å²) in [5.74, 6) is 2.75. The molecule has 0 saturated heterocycles. The second-order valence-electron chi connectivity index (χ2n) is 6.50. The van der Waals surface area contributed by atoms with E-state index in [2.05, 4.69) is 55.9 Å². The summed E-state index contributed by atoms with van der Waals surface area (Å²) in [6.45, 7) is 4.10. The molecular weight excluding hydrogens is 312 g/mol. The second-order valence-corrected chi connectivity index (χ2v) is 6.50. The number of anilines is 4. The van der Waals surface area contributed by atoms with Crippen LogP contribution in [0.3, 0.4) is 0 Å². The lowest BCUT2D eigenvalue weighted by atomic mass is 10.1. The predicted molar refractivity (Wildman–Crippen MR) is 99.7 cm³/mol. The third-order valence-electron chi connectivity index (χ3n) is 4.34. The number of aromatic amines is 1. The van der Waals surface area contributed by atoms with Crippen LogP contribution in [0.15, 0.2) is 36.4 Å². The van der Waals surface area contributed by atoms with E-state index in [0.717, 1.165) is 29.4 Å². The number of hydrogen-bond acceptors (Lipinski definition) is 5. The molecule has 2 aromatic heterocycles. The molecule has 1 fully saturated rings. The van der Waals surface area contributed by atoms with Crippen molar-refractivity contribution < 1.29 is 0 Å². The Morgan fingerprint density at radius 3 is 2.56 bits per heavy atom. The molecule has 1 aromatic carbocycles. The first-order valence-corrected chi connectivity index (χ1v) is 8.73. The fraction of sp³-hybridized carbons (Fsp3) is 0.316. The normalized spacial score (nSPS) is 13.7. The van der Waals surface area contributed by atoms with Gasteiger partial charge in [-0.15, -0.1) is 0 Å². The Labute approximate surface area is 147 Å². The van der Waals surface area contributed by atoms with E-state index in [-0.39, 0.29) is 0 Å². The molecule has 0 amide bonds. The highest BCUT2D eigenvalue weighted by Gasteiger charge is 2.25. The Bertz CT molecular complexity index is 864. The average Bonchev–Trinajstić information content (AvgIpc) is 3.35. The highest BCUT2D eigenvalue weighted by atomic mass is 15.2. The standard InChI is InChI=1S/C19H22N6/c1-3-13-4-8-15(9-5-13)21-19-20-12(2)10-17(23-19)22-18-11-16(24-25-18)14-6-7-14/h4-5,8-11,14H,3,6-7H2,1-2H3,(H3,20,21,22,23,24,25). The second kappa shape index (κ2) is 6.55. The fourth-order valence-corrected chi connectivity index (χ4v) is 2.78. The Balaban J connectivity index is 1.50. The summed E-state index contributed by atoms with van der Waals surface area (Å²) in [4.78, 5) is 9.02. The molecule has 3 N–H and O–H groups in total. The molecule has 25 heavy (non-hydrogen) atoms. The number of aryl methyl sites for hydroxylation is 2. The fourth-order valence-electron chi connectivity index (χ4n) is 2.78. The SMILES string of the molecule is CCc1ccc(Nc2nc(C)cc(Nc3cc(C4CC4)[nH]n3)n2)cc1. The zero-order valence-electron chi connectivity index (χ0n) is 14.5. The Kier molecular flexibility index (Phi) is 4.09. The van der Waals surface area contributed by atoms with Gasteiger partial charge in [0.2, 0.25) is 5.95 Å². The maximum Gasteiger partial charge on any atom is 0.229 e. The van der Waals surface area contributed by atoms with Gasteiger partial charge in [-0.25, -0.2) is 4.98 Å². The summed E-state index contributed by atoms with van der Waals surface area (Å²) in [7, 11) is 0. The van der Waals surface area contributed by atoms with E-state index in [4.69, 9.17) is 0 Å². The first kappa shape index (κ1) is 15.6. The van der Waals surface area contributed by atoms with Gasteiger partial charge < -0.3 is 10.6 Å². The van der Waals surface area contributed by atoms with Gasteiger partial charge in [0.05, 0.1) is 0 Å². The van der Waals surface area contributed by atoms with Crippen LogP contribution in [0.4, 0.5) is 23.3 Å². The zero-order valence-corrected chi connectivity index (χ0v) is 14.5. The number of aromatic nitrogens is 4. The Morgan fingerprint density at radius 2 is 1.84 bits per heavy atom. The summed E-state index contributed by atoms with van der Waals surface area (Å²) < 4.78 is 0. The van der Waals surface area contributed by atoms with E-state index in [1.54, 1.807) is 0 Å². The van der Waals surface area contributed by atoms with Crippen LogP contribution in [-0.2, 0) is 6.42 Å². The summed E-state index contributed by atoms with van der Waals surface area (Å²) >= 11 is 0. The van der Waals surface area contributed by atoms with Crippen LogP contribution in [0.1, 0.15) is 42.6 Å². The number of rotatable bonds is 6. The van der Waals surface area contributed by atoms with Crippen LogP contribution in [0.2, 0.25) is 0 Å². The molecule has 0 unspecified atom stereocenters. The number of benzene rings is 1. The van der Waals surface area contributed by atoms with Crippen LogP contribution >= 0.6 is 0 Å². The lowest BCUT2D eigenvalue weighted by Gasteiger charge is -2.09. The molecule has 0 radical (unpaired) electrons. The highest BCUT2D eigenvalue weighted by Crippen LogP contribution is 2.39. The molecule has 2 heterocycles. The van der Waals surface area contributed by atoms with Crippen LogP contribution in [0, 0.1) is 6.92 Å². The third kappa shape index (κ3) is 3.79. The zero-order chi connectivity index (χ0) is 17.2. The molecule has 0 aliphatic heterocycles. The van der Waals surface area contributed by atoms with Gasteiger partial charge in [0.1, 0.15) is 5.82 Å². The van der Waals surface area contributed by atoms with E-state index in [1.807, 2.05) is 25.1 Å². The van der Waals surface area contributed by atoms with Gasteiger partial charge in [-0.1, -0.05) is 19.1 Å². The first-order chi connectivity index (χ1) is 12.2. The van der Waals surface area contributed by atoms with Gasteiger partial charge in [-0.05, 0) is 43.9 Å². The van der Waals surface area contributed by atoms with Gasteiger partial charge in [-0.2, -0.15) is 10.1 Å². The van der Waals surface area contributed by atoms with Gasteiger partial charge >= 0.3 is 0 Å². The van der Waals surface area contributed by atoms with E-state index in [0.29, 0.717) is 11.9 Å². The summed E-state index contributed by atoms with van der Waals surface area (Å²) in [5.41, 5.74) is 4.37. The molecule has 0 atom stereocenters. The monoisotopic (exact) mass is 334 g/mol. The summed E-state index contributed by atoms with van der Waals surface area (Å²) in [6, 6.07) is 12.3. The van der Waals surface area contributed by atoms with Crippen LogP contribution in [-0.4, -0.2) is 20.2 Å². The van der Waals surface area contributed by atoms with E-state index in [9.17, 15) is 0 Å². The first-order valence-electron chi connectivity index (χ1n) is 8.73. The van der Waals surface area contributed by atoms with Gasteiger partial charge in [-0.3, -0.25) is 5.10 Å². The highest BCUT2D eigenvalue weighted by molar-refractivity contribution is 5.58. The minimum absolute atomic E-state index is 0.574. The Hall–Kier alpha value is -2.89. The lowest BCUT2D eigenvalue weighted by molar-refractivity contribution is 0.966. The number of nitrogens with one attached hydrogen (secondary N) is 3. The van der Waals surface area contributed by atoms with Crippen molar-refractivity contribution in [3.05, 3.63) is 53.3 Å². The van der Waals surface area contributed by atoms with Crippen molar-refractivity contribution in [2.45, 2.75) is 39.0 Å². The van der Waals surface area contributed by atoms with Crippen LogP contribution < -0.4 is 10.6 Å². The largest absolute Gasteiger partial charge is 0.324 e. The maximum atomic E-state index is 4.55. The van der Waals surface area contributed by atoms with Crippen molar-refractivity contribution in [1.82, 2.24) is 20.2 Å². The number of H-pyrrole nitrogens is 1. The minimum atomic E-state index is 0.574. The van der Waals surface area contributed by atoms with Gasteiger partial charge in [0.15, 0.2) is 5.82 Å². The predicted octanol–water partition coefficient (Wildman–Crippen LogP) is 4.44. The molecule has 128 valence electrons. The molecule has 1 aliphatic carbocycles. The van der Waals surface area contributed by atoms with E-state index in [1.165, 1.54) is 24.1 Å². The molecule has 0 spiro atoms. The quantitative estimate of drug-likeness (QED) is 0.621. The van der Waals surface area contributed by atoms with Gasteiger partial charge in [0, 0.05) is 35.1 Å². The average molecular weight is 334 g/mol. The van der Waals surface area contributed by atoms with Crippen molar-refractivity contribution in [2.24, 2.45) is 0 Å². The molecule has 4 rings (SSSR count). The van der Waals surface area contributed by atoms with Crippen molar-refractivity contribution in [2.75, 3.05) is 10.6 Å².